The summed E-state index contributed by atoms with van der Waals surface area (Å²) in [7, 11) is -4.19. The summed E-state index contributed by atoms with van der Waals surface area (Å²) in [5, 5.41) is 2.04. The largest absolute Gasteiger partial charge is 0.294 e. The predicted octanol–water partition coefficient (Wildman–Crippen LogP) is 7.89. The molecule has 0 heterocycles. The highest BCUT2D eigenvalue weighted by atomic mass is 32.2. The van der Waals surface area contributed by atoms with Crippen molar-refractivity contribution in [1.82, 2.24) is 0 Å². The molecule has 4 heteroatoms. The molecule has 0 bridgehead atoms. The van der Waals surface area contributed by atoms with Crippen LogP contribution in [0.25, 0.3) is 10.8 Å². The SMILES string of the molecule is CCCCCCCCc1ccc2ccc(S(=O)(=O)O)cc2c1CCCCCCCC. The Labute approximate surface area is 184 Å². The summed E-state index contributed by atoms with van der Waals surface area (Å²) in [6, 6.07) is 9.31. The molecule has 0 atom stereocenters. The van der Waals surface area contributed by atoms with Crippen molar-refractivity contribution in [2.75, 3.05) is 0 Å². The molecule has 0 aliphatic rings. The van der Waals surface area contributed by atoms with Gasteiger partial charge in [0.05, 0.1) is 4.90 Å². The van der Waals surface area contributed by atoms with Gasteiger partial charge >= 0.3 is 0 Å². The molecule has 0 aromatic heterocycles. The molecule has 2 aromatic rings. The molecule has 0 aliphatic carbocycles. The van der Waals surface area contributed by atoms with Crippen LogP contribution in [-0.2, 0) is 23.0 Å². The van der Waals surface area contributed by atoms with Crippen LogP contribution < -0.4 is 0 Å². The molecule has 0 amide bonds. The Morgan fingerprint density at radius 2 is 1.23 bits per heavy atom. The maximum atomic E-state index is 11.7. The van der Waals surface area contributed by atoms with Crippen molar-refractivity contribution in [1.29, 1.82) is 0 Å². The first kappa shape index (κ1) is 24.9. The van der Waals surface area contributed by atoms with E-state index in [9.17, 15) is 13.0 Å². The van der Waals surface area contributed by atoms with Crippen molar-refractivity contribution in [3.63, 3.8) is 0 Å². The lowest BCUT2D eigenvalue weighted by Gasteiger charge is -2.14. The summed E-state index contributed by atoms with van der Waals surface area (Å²) in [6.07, 6.45) is 17.1. The molecule has 30 heavy (non-hydrogen) atoms. The van der Waals surface area contributed by atoms with Crippen molar-refractivity contribution in [3.05, 3.63) is 41.5 Å². The molecule has 0 saturated heterocycles. The first-order valence-electron chi connectivity index (χ1n) is 12.0. The van der Waals surface area contributed by atoms with Crippen LogP contribution in [0.5, 0.6) is 0 Å². The number of hydrogen-bond acceptors (Lipinski definition) is 2. The zero-order valence-electron chi connectivity index (χ0n) is 19.0. The fourth-order valence-corrected chi connectivity index (χ4v) is 4.78. The maximum Gasteiger partial charge on any atom is 0.294 e. The van der Waals surface area contributed by atoms with Crippen LogP contribution in [0.1, 0.15) is 102 Å². The third-order valence-electron chi connectivity index (χ3n) is 6.08. The van der Waals surface area contributed by atoms with E-state index in [0.717, 1.165) is 30.0 Å². The van der Waals surface area contributed by atoms with Gasteiger partial charge in [0.15, 0.2) is 0 Å². The first-order chi connectivity index (χ1) is 14.5. The van der Waals surface area contributed by atoms with E-state index in [0.29, 0.717) is 0 Å². The number of aryl methyl sites for hydroxylation is 2. The van der Waals surface area contributed by atoms with Gasteiger partial charge in [0.25, 0.3) is 10.1 Å². The topological polar surface area (TPSA) is 54.4 Å². The van der Waals surface area contributed by atoms with Gasteiger partial charge in [0.2, 0.25) is 0 Å². The van der Waals surface area contributed by atoms with E-state index in [1.165, 1.54) is 87.8 Å². The predicted molar refractivity (Wildman–Crippen MR) is 128 cm³/mol. The number of hydrogen-bond donors (Lipinski definition) is 1. The molecular weight excluding hydrogens is 392 g/mol. The maximum absolute atomic E-state index is 11.7. The first-order valence-corrected chi connectivity index (χ1v) is 13.4. The molecular formula is C26H40O3S. The molecule has 0 spiro atoms. The van der Waals surface area contributed by atoms with Gasteiger partial charge in [0.1, 0.15) is 0 Å². The van der Waals surface area contributed by atoms with Gasteiger partial charge < -0.3 is 0 Å². The van der Waals surface area contributed by atoms with Gasteiger partial charge in [0, 0.05) is 0 Å². The van der Waals surface area contributed by atoms with Gasteiger partial charge in [-0.15, -0.1) is 0 Å². The Hall–Kier alpha value is -1.39. The van der Waals surface area contributed by atoms with Crippen LogP contribution in [0.2, 0.25) is 0 Å². The minimum absolute atomic E-state index is 0.00379. The fourth-order valence-electron chi connectivity index (χ4n) is 4.27. The van der Waals surface area contributed by atoms with Gasteiger partial charge in [-0.1, -0.05) is 96.3 Å². The second-order valence-electron chi connectivity index (χ2n) is 8.60. The molecule has 0 aliphatic heterocycles. The normalized spacial score (nSPS) is 12.0. The highest BCUT2D eigenvalue weighted by Gasteiger charge is 2.14. The number of benzene rings is 2. The molecule has 0 unspecified atom stereocenters. The van der Waals surface area contributed by atoms with Crippen LogP contribution in [0.4, 0.5) is 0 Å². The molecule has 168 valence electrons. The number of unbranched alkanes of at least 4 members (excludes halogenated alkanes) is 10. The monoisotopic (exact) mass is 432 g/mol. The Balaban J connectivity index is 2.17. The van der Waals surface area contributed by atoms with Crippen molar-refractivity contribution in [2.24, 2.45) is 0 Å². The Kier molecular flexibility index (Phi) is 10.9. The van der Waals surface area contributed by atoms with Gasteiger partial charge in [-0.3, -0.25) is 4.55 Å². The van der Waals surface area contributed by atoms with Crippen molar-refractivity contribution in [3.8, 4) is 0 Å². The second-order valence-corrected chi connectivity index (χ2v) is 10.0. The fraction of sp³-hybridized carbons (Fsp3) is 0.615. The van der Waals surface area contributed by atoms with E-state index < -0.39 is 10.1 Å². The van der Waals surface area contributed by atoms with Crippen LogP contribution in [-0.4, -0.2) is 13.0 Å². The molecule has 3 nitrogen and oxygen atoms in total. The molecule has 2 rings (SSSR count). The number of fused-ring (bicyclic) bond motifs is 1. The average molecular weight is 433 g/mol. The summed E-state index contributed by atoms with van der Waals surface area (Å²) in [4.78, 5) is -0.00379. The third-order valence-corrected chi connectivity index (χ3v) is 6.93. The van der Waals surface area contributed by atoms with Crippen molar-refractivity contribution >= 4 is 20.9 Å². The van der Waals surface area contributed by atoms with Crippen LogP contribution >= 0.6 is 0 Å². The molecule has 0 saturated carbocycles. The Bertz CT molecular complexity index is 871. The average Bonchev–Trinajstić information content (AvgIpc) is 2.72. The van der Waals surface area contributed by atoms with Crippen LogP contribution in [0.15, 0.2) is 35.2 Å². The van der Waals surface area contributed by atoms with E-state index in [1.807, 2.05) is 6.07 Å². The molecule has 1 N–H and O–H groups in total. The Morgan fingerprint density at radius 1 is 0.700 bits per heavy atom. The highest BCUT2D eigenvalue weighted by molar-refractivity contribution is 7.85. The lowest BCUT2D eigenvalue weighted by molar-refractivity contribution is 0.483. The summed E-state index contributed by atoms with van der Waals surface area (Å²) in [5.74, 6) is 0. The van der Waals surface area contributed by atoms with E-state index >= 15 is 0 Å². The molecule has 0 radical (unpaired) electrons. The zero-order valence-corrected chi connectivity index (χ0v) is 19.8. The summed E-state index contributed by atoms with van der Waals surface area (Å²) < 4.78 is 32.9. The quantitative estimate of drug-likeness (QED) is 0.230. The van der Waals surface area contributed by atoms with E-state index in [1.54, 1.807) is 6.07 Å². The molecule has 2 aromatic carbocycles. The summed E-state index contributed by atoms with van der Waals surface area (Å²) in [5.41, 5.74) is 2.63. The van der Waals surface area contributed by atoms with E-state index in [2.05, 4.69) is 26.0 Å². The lowest BCUT2D eigenvalue weighted by atomic mass is 9.91. The minimum Gasteiger partial charge on any atom is -0.282 e. The van der Waals surface area contributed by atoms with Crippen LogP contribution in [0, 0.1) is 0 Å². The highest BCUT2D eigenvalue weighted by Crippen LogP contribution is 2.28. The summed E-state index contributed by atoms with van der Waals surface area (Å²) >= 11 is 0. The van der Waals surface area contributed by atoms with E-state index in [-0.39, 0.29) is 4.90 Å². The Morgan fingerprint density at radius 3 is 1.83 bits per heavy atom. The standard InChI is InChI=1S/C26H40O3S/c1-3-5-7-9-11-13-15-22-17-18-23-19-20-24(30(27,28)29)21-26(23)25(22)16-14-12-10-8-6-4-2/h17-21H,3-16H2,1-2H3,(H,27,28,29). The minimum atomic E-state index is -4.19. The lowest BCUT2D eigenvalue weighted by Crippen LogP contribution is -2.01. The van der Waals surface area contributed by atoms with Crippen LogP contribution in [0.3, 0.4) is 0 Å². The van der Waals surface area contributed by atoms with E-state index in [4.69, 9.17) is 0 Å². The third kappa shape index (κ3) is 8.03. The second kappa shape index (κ2) is 13.1. The summed E-state index contributed by atoms with van der Waals surface area (Å²) in [6.45, 7) is 4.47. The van der Waals surface area contributed by atoms with Gasteiger partial charge in [-0.2, -0.15) is 8.42 Å². The van der Waals surface area contributed by atoms with Crippen molar-refractivity contribution in [2.45, 2.75) is 109 Å². The smallest absolute Gasteiger partial charge is 0.282 e. The molecule has 0 fully saturated rings. The number of rotatable bonds is 15. The van der Waals surface area contributed by atoms with Gasteiger partial charge in [-0.05, 0) is 59.7 Å². The van der Waals surface area contributed by atoms with Gasteiger partial charge in [-0.25, -0.2) is 0 Å². The zero-order chi connectivity index (χ0) is 21.8. The van der Waals surface area contributed by atoms with Crippen molar-refractivity contribution < 1.29 is 13.0 Å².